The van der Waals surface area contributed by atoms with Crippen molar-refractivity contribution in [3.63, 3.8) is 0 Å². The molecule has 0 bridgehead atoms. The molecule has 0 aliphatic rings. The number of hydrogen-bond donors (Lipinski definition) is 0. The minimum Gasteiger partial charge on any atom is -0.429 e. The highest BCUT2D eigenvalue weighted by molar-refractivity contribution is 6.60. The van der Waals surface area contributed by atoms with E-state index in [-0.39, 0.29) is 36.3 Å². The normalized spacial score (nSPS) is 10.5. The molecule has 0 amide bonds. The lowest BCUT2D eigenvalue weighted by atomic mass is 10.2. The minimum absolute atomic E-state index is 0.0554. The lowest BCUT2D eigenvalue weighted by Gasteiger charge is -2.26. The number of rotatable bonds is 11. The van der Waals surface area contributed by atoms with Crippen LogP contribution in [0.1, 0.15) is 37.5 Å². The standard InChI is InChI=1S/C25H21NO8Si/c27-19-26-17-10-18-31-35(32-23(28)20-11-4-1-5-12-20,33-24(29)21-13-6-2-7-14-21)34-25(30)22-15-8-3-9-16-22/h1-9,11-16H,10,17-18H2. The molecule has 0 aliphatic carbocycles. The van der Waals surface area contributed by atoms with E-state index in [0.29, 0.717) is 0 Å². The Labute approximate surface area is 202 Å². The molecule has 3 rings (SSSR count). The summed E-state index contributed by atoms with van der Waals surface area (Å²) in [6.45, 7) is -0.135. The second-order valence-electron chi connectivity index (χ2n) is 6.94. The predicted molar refractivity (Wildman–Crippen MR) is 125 cm³/mol. The topological polar surface area (TPSA) is 118 Å². The number of aliphatic imine (C=N–C) groups is 1. The molecule has 3 aromatic rings. The molecular formula is C25H21NO8Si. The molecule has 0 saturated heterocycles. The maximum absolute atomic E-state index is 12.9. The Balaban J connectivity index is 1.95. The summed E-state index contributed by atoms with van der Waals surface area (Å²) in [6.07, 6.45) is 1.58. The second-order valence-corrected chi connectivity index (χ2v) is 8.84. The van der Waals surface area contributed by atoms with E-state index in [1.165, 1.54) is 42.5 Å². The molecule has 0 unspecified atom stereocenters. The van der Waals surface area contributed by atoms with Gasteiger partial charge in [-0.3, -0.25) is 0 Å². The van der Waals surface area contributed by atoms with Crippen LogP contribution in [0.3, 0.4) is 0 Å². The van der Waals surface area contributed by atoms with Crippen molar-refractivity contribution in [2.45, 2.75) is 6.42 Å². The van der Waals surface area contributed by atoms with Gasteiger partial charge >= 0.3 is 27.0 Å². The first-order chi connectivity index (χ1) is 17.0. The molecule has 0 saturated carbocycles. The highest BCUT2D eigenvalue weighted by Crippen LogP contribution is 2.20. The average molecular weight is 492 g/mol. The SMILES string of the molecule is O=C=NCCCO[Si](OC(=O)c1ccccc1)(OC(=O)c1ccccc1)OC(=O)c1ccccc1. The summed E-state index contributed by atoms with van der Waals surface area (Å²) in [6, 6.07) is 23.7. The van der Waals surface area contributed by atoms with Gasteiger partial charge in [0.15, 0.2) is 0 Å². The van der Waals surface area contributed by atoms with Crippen LogP contribution in [0.5, 0.6) is 0 Å². The largest absolute Gasteiger partial charge is 0.899 e. The lowest BCUT2D eigenvalue weighted by Crippen LogP contribution is -2.53. The first-order valence-electron chi connectivity index (χ1n) is 10.6. The van der Waals surface area contributed by atoms with Crippen molar-refractivity contribution in [3.8, 4) is 0 Å². The van der Waals surface area contributed by atoms with Crippen LogP contribution >= 0.6 is 0 Å². The van der Waals surface area contributed by atoms with Gasteiger partial charge in [0.1, 0.15) is 0 Å². The van der Waals surface area contributed by atoms with Gasteiger partial charge < -0.3 is 17.7 Å². The Morgan fingerprint density at radius 1 is 0.657 bits per heavy atom. The van der Waals surface area contributed by atoms with Gasteiger partial charge in [-0.2, -0.15) is 0 Å². The minimum atomic E-state index is -4.78. The van der Waals surface area contributed by atoms with Crippen LogP contribution in [-0.4, -0.2) is 46.2 Å². The molecule has 10 heteroatoms. The highest BCUT2D eigenvalue weighted by atomic mass is 28.4. The van der Waals surface area contributed by atoms with Crippen molar-refractivity contribution in [3.05, 3.63) is 108 Å². The van der Waals surface area contributed by atoms with Gasteiger partial charge in [0, 0.05) is 6.61 Å². The number of carbonyl (C=O) groups excluding carboxylic acids is 4. The van der Waals surface area contributed by atoms with Crippen molar-refractivity contribution in [2.24, 2.45) is 4.99 Å². The Morgan fingerprint density at radius 3 is 1.37 bits per heavy atom. The van der Waals surface area contributed by atoms with E-state index in [2.05, 4.69) is 4.99 Å². The fourth-order valence-corrected chi connectivity index (χ4v) is 4.51. The van der Waals surface area contributed by atoms with Crippen LogP contribution in [-0.2, 0) is 22.5 Å². The van der Waals surface area contributed by atoms with E-state index >= 15 is 0 Å². The van der Waals surface area contributed by atoms with Crippen LogP contribution in [0.2, 0.25) is 0 Å². The second kappa shape index (κ2) is 12.8. The van der Waals surface area contributed by atoms with Crippen LogP contribution in [0.15, 0.2) is 96.0 Å². The summed E-state index contributed by atoms with van der Waals surface area (Å²) < 4.78 is 22.2. The molecule has 9 nitrogen and oxygen atoms in total. The van der Waals surface area contributed by atoms with Crippen molar-refractivity contribution < 1.29 is 36.9 Å². The van der Waals surface area contributed by atoms with Gasteiger partial charge in [0.05, 0.1) is 23.2 Å². The van der Waals surface area contributed by atoms with Gasteiger partial charge in [-0.15, -0.1) is 0 Å². The third kappa shape index (κ3) is 7.58. The van der Waals surface area contributed by atoms with E-state index in [1.54, 1.807) is 54.6 Å². The molecular weight excluding hydrogens is 470 g/mol. The monoisotopic (exact) mass is 491 g/mol. The van der Waals surface area contributed by atoms with Crippen LogP contribution < -0.4 is 0 Å². The van der Waals surface area contributed by atoms with E-state index in [9.17, 15) is 19.2 Å². The summed E-state index contributed by atoms with van der Waals surface area (Å²) in [5.74, 6) is -2.74. The summed E-state index contributed by atoms with van der Waals surface area (Å²) in [5, 5.41) is 0. The molecule has 0 aromatic heterocycles. The number of benzene rings is 3. The molecule has 0 atom stereocenters. The zero-order valence-corrected chi connectivity index (χ0v) is 19.5. The van der Waals surface area contributed by atoms with Gasteiger partial charge in [-0.1, -0.05) is 54.6 Å². The Kier molecular flexibility index (Phi) is 9.20. The fraction of sp³-hybridized carbons (Fsp3) is 0.120. The predicted octanol–water partition coefficient (Wildman–Crippen LogP) is 3.74. The average Bonchev–Trinajstić information content (AvgIpc) is 2.90. The van der Waals surface area contributed by atoms with Crippen molar-refractivity contribution >= 4 is 33.0 Å². The van der Waals surface area contributed by atoms with E-state index < -0.39 is 27.0 Å². The number of hydrogen-bond acceptors (Lipinski definition) is 9. The molecule has 0 heterocycles. The maximum Gasteiger partial charge on any atom is 0.899 e. The molecule has 0 spiro atoms. The summed E-state index contributed by atoms with van der Waals surface area (Å²) >= 11 is 0. The van der Waals surface area contributed by atoms with Crippen molar-refractivity contribution in [2.75, 3.05) is 13.2 Å². The van der Waals surface area contributed by atoms with Crippen LogP contribution in [0, 0.1) is 0 Å². The number of carbonyl (C=O) groups is 3. The van der Waals surface area contributed by atoms with E-state index in [0.717, 1.165) is 0 Å². The van der Waals surface area contributed by atoms with E-state index in [4.69, 9.17) is 17.7 Å². The van der Waals surface area contributed by atoms with Gasteiger partial charge in [0.2, 0.25) is 6.08 Å². The van der Waals surface area contributed by atoms with Gasteiger partial charge in [-0.05, 0) is 42.8 Å². The maximum atomic E-state index is 12.9. The third-order valence-corrected chi connectivity index (χ3v) is 6.30. The van der Waals surface area contributed by atoms with Crippen LogP contribution in [0.4, 0.5) is 0 Å². The van der Waals surface area contributed by atoms with Crippen LogP contribution in [0.25, 0.3) is 0 Å². The summed E-state index contributed by atoms with van der Waals surface area (Å²) in [7, 11) is -4.78. The van der Waals surface area contributed by atoms with E-state index in [1.807, 2.05) is 0 Å². The molecule has 35 heavy (non-hydrogen) atoms. The molecule has 0 N–H and O–H groups in total. The number of nitrogens with zero attached hydrogens (tertiary/aromatic N) is 1. The first kappa shape index (κ1) is 25.3. The first-order valence-corrected chi connectivity index (χ1v) is 12.2. The highest BCUT2D eigenvalue weighted by Gasteiger charge is 2.59. The fourth-order valence-electron chi connectivity index (χ4n) is 2.78. The van der Waals surface area contributed by atoms with Crippen molar-refractivity contribution in [1.29, 1.82) is 0 Å². The zero-order valence-electron chi connectivity index (χ0n) is 18.5. The quantitative estimate of drug-likeness (QED) is 0.172. The van der Waals surface area contributed by atoms with Crippen molar-refractivity contribution in [1.82, 2.24) is 0 Å². The molecule has 0 fully saturated rings. The molecule has 0 aliphatic heterocycles. The molecule has 0 radical (unpaired) electrons. The number of isocyanates is 1. The smallest absolute Gasteiger partial charge is 0.429 e. The Hall–Kier alpha value is -4.37. The Bertz CT molecular complexity index is 1050. The molecule has 3 aromatic carbocycles. The third-order valence-electron chi connectivity index (χ3n) is 4.44. The van der Waals surface area contributed by atoms with Gasteiger partial charge in [-0.25, -0.2) is 24.2 Å². The summed E-state index contributed by atoms with van der Waals surface area (Å²) in [4.78, 5) is 52.5. The lowest BCUT2D eigenvalue weighted by molar-refractivity contribution is -0.00851. The Morgan fingerprint density at radius 2 is 1.03 bits per heavy atom. The molecule has 178 valence electrons. The summed E-state index contributed by atoms with van der Waals surface area (Å²) in [5.41, 5.74) is 0.389. The zero-order chi connectivity index (χ0) is 24.9. The van der Waals surface area contributed by atoms with Gasteiger partial charge in [0.25, 0.3) is 0 Å².